The Kier molecular flexibility index (Phi) is 5.59. The Labute approximate surface area is 186 Å². The number of fused-ring (bicyclic) bond motifs is 3. The van der Waals surface area contributed by atoms with E-state index in [9.17, 15) is 19.8 Å². The van der Waals surface area contributed by atoms with E-state index >= 15 is 0 Å². The summed E-state index contributed by atoms with van der Waals surface area (Å²) < 4.78 is 11.6. The van der Waals surface area contributed by atoms with Crippen molar-refractivity contribution in [2.75, 3.05) is 0 Å². The number of phenolic OH excluding ortho intramolecular Hbond substituents is 1. The van der Waals surface area contributed by atoms with E-state index in [-0.39, 0.29) is 41.3 Å². The summed E-state index contributed by atoms with van der Waals surface area (Å²) in [6.45, 7) is 7.30. The number of rotatable bonds is 6. The molecule has 0 bridgehead atoms. The predicted molar refractivity (Wildman–Crippen MR) is 122 cm³/mol. The van der Waals surface area contributed by atoms with Gasteiger partial charge in [0.2, 0.25) is 0 Å². The molecule has 0 amide bonds. The first-order valence-corrected chi connectivity index (χ1v) is 10.9. The van der Waals surface area contributed by atoms with Gasteiger partial charge in [-0.15, -0.1) is 0 Å². The Morgan fingerprint density at radius 1 is 1.22 bits per heavy atom. The van der Waals surface area contributed by atoms with E-state index in [2.05, 4.69) is 0 Å². The fourth-order valence-electron chi connectivity index (χ4n) is 4.16. The van der Waals surface area contributed by atoms with E-state index in [0.29, 0.717) is 28.9 Å². The van der Waals surface area contributed by atoms with E-state index < -0.39 is 17.3 Å². The summed E-state index contributed by atoms with van der Waals surface area (Å²) in [7, 11) is 0. The maximum atomic E-state index is 13.2. The summed E-state index contributed by atoms with van der Waals surface area (Å²) in [6.07, 6.45) is 0.512. The number of aliphatic hydroxyl groups is 1. The smallest absolute Gasteiger partial charge is 0.336 e. The van der Waals surface area contributed by atoms with Gasteiger partial charge in [-0.25, -0.2) is 4.79 Å². The highest BCUT2D eigenvalue weighted by atomic mass is 16.5. The number of carbonyl (C=O) groups excluding carboxylic acids is 1. The van der Waals surface area contributed by atoms with Gasteiger partial charge in [0.05, 0.1) is 11.0 Å². The van der Waals surface area contributed by atoms with Gasteiger partial charge < -0.3 is 19.4 Å². The number of hydrogen-bond donors (Lipinski definition) is 2. The molecule has 6 heteroatoms. The molecule has 0 fully saturated rings. The van der Waals surface area contributed by atoms with Crippen LogP contribution >= 0.6 is 0 Å². The molecule has 0 unspecified atom stereocenters. The number of benzene rings is 2. The first-order chi connectivity index (χ1) is 15.1. The lowest BCUT2D eigenvalue weighted by Gasteiger charge is -2.24. The molecule has 1 atom stereocenters. The molecule has 32 heavy (non-hydrogen) atoms. The molecule has 0 saturated carbocycles. The van der Waals surface area contributed by atoms with Gasteiger partial charge in [0.25, 0.3) is 0 Å². The molecule has 0 saturated heterocycles. The number of Topliss-reactive ketones (excluding diaryl/α,β-unsaturated/α-hetero) is 1. The fraction of sp³-hybridized carbons (Fsp3) is 0.385. The van der Waals surface area contributed by atoms with Crippen molar-refractivity contribution in [2.45, 2.75) is 58.7 Å². The van der Waals surface area contributed by atoms with Crippen molar-refractivity contribution in [3.05, 3.63) is 57.9 Å². The van der Waals surface area contributed by atoms with Gasteiger partial charge in [0.1, 0.15) is 28.7 Å². The lowest BCUT2D eigenvalue weighted by molar-refractivity contribution is -0.0232. The zero-order valence-corrected chi connectivity index (χ0v) is 18.8. The second-order valence-corrected chi connectivity index (χ2v) is 9.40. The lowest BCUT2D eigenvalue weighted by Crippen LogP contribution is -2.39. The Hall–Kier alpha value is -3.12. The quantitative estimate of drug-likeness (QED) is 0.423. The van der Waals surface area contributed by atoms with Gasteiger partial charge in [-0.3, -0.25) is 4.79 Å². The Balaban J connectivity index is 2.03. The van der Waals surface area contributed by atoms with Gasteiger partial charge in [-0.1, -0.05) is 44.2 Å². The van der Waals surface area contributed by atoms with Crippen LogP contribution in [0.4, 0.5) is 0 Å². The van der Waals surface area contributed by atoms with Crippen molar-refractivity contribution >= 4 is 16.8 Å². The van der Waals surface area contributed by atoms with Crippen LogP contribution in [0.5, 0.6) is 11.5 Å². The van der Waals surface area contributed by atoms with Crippen molar-refractivity contribution in [3.8, 4) is 22.6 Å². The van der Waals surface area contributed by atoms with E-state index in [0.717, 1.165) is 5.56 Å². The van der Waals surface area contributed by atoms with Gasteiger partial charge >= 0.3 is 5.63 Å². The molecule has 1 aromatic heterocycles. The molecule has 2 aromatic carbocycles. The van der Waals surface area contributed by atoms with Crippen LogP contribution in [0, 0.1) is 5.92 Å². The maximum absolute atomic E-state index is 13.2. The third kappa shape index (κ3) is 3.91. The number of ether oxygens (including phenoxy) is 1. The average molecular weight is 437 g/mol. The maximum Gasteiger partial charge on any atom is 0.336 e. The summed E-state index contributed by atoms with van der Waals surface area (Å²) in [5.74, 6) is 0.0178. The molecule has 0 spiro atoms. The molecule has 4 rings (SSSR count). The number of ketones is 1. The second kappa shape index (κ2) is 8.10. The zero-order valence-electron chi connectivity index (χ0n) is 18.8. The van der Waals surface area contributed by atoms with E-state index in [1.54, 1.807) is 13.8 Å². The number of hydrogen-bond acceptors (Lipinski definition) is 6. The first-order valence-electron chi connectivity index (χ1n) is 10.9. The first kappa shape index (κ1) is 22.1. The van der Waals surface area contributed by atoms with Crippen LogP contribution in [-0.4, -0.2) is 27.7 Å². The minimum Gasteiger partial charge on any atom is -0.506 e. The van der Waals surface area contributed by atoms with Gasteiger partial charge in [-0.2, -0.15) is 0 Å². The molecule has 6 nitrogen and oxygen atoms in total. The van der Waals surface area contributed by atoms with Gasteiger partial charge in [0, 0.05) is 30.0 Å². The van der Waals surface area contributed by atoms with Crippen molar-refractivity contribution in [1.29, 1.82) is 0 Å². The molecule has 2 N–H and O–H groups in total. The van der Waals surface area contributed by atoms with E-state index in [1.165, 1.54) is 6.07 Å². The molecular weight excluding hydrogens is 408 g/mol. The minimum absolute atomic E-state index is 0.0888. The van der Waals surface area contributed by atoms with Crippen LogP contribution in [0.1, 0.15) is 56.5 Å². The molecule has 1 aliphatic heterocycles. The summed E-state index contributed by atoms with van der Waals surface area (Å²) in [5.41, 5.74) is 0.246. The van der Waals surface area contributed by atoms with E-state index in [1.807, 2.05) is 44.2 Å². The van der Waals surface area contributed by atoms with E-state index in [4.69, 9.17) is 9.15 Å². The highest BCUT2D eigenvalue weighted by Gasteiger charge is 2.40. The van der Waals surface area contributed by atoms with Crippen LogP contribution in [0.25, 0.3) is 22.1 Å². The lowest BCUT2D eigenvalue weighted by atomic mass is 9.90. The molecule has 3 aromatic rings. The van der Waals surface area contributed by atoms with Crippen molar-refractivity contribution in [3.63, 3.8) is 0 Å². The number of aromatic hydroxyl groups is 1. The van der Waals surface area contributed by atoms with Crippen LogP contribution in [0.3, 0.4) is 0 Å². The van der Waals surface area contributed by atoms with Crippen LogP contribution in [0.15, 0.2) is 45.6 Å². The highest BCUT2D eigenvalue weighted by Crippen LogP contribution is 2.48. The number of carbonyl (C=O) groups is 1. The summed E-state index contributed by atoms with van der Waals surface area (Å²) in [5, 5.41) is 22.2. The third-order valence-electron chi connectivity index (χ3n) is 5.96. The predicted octanol–water partition coefficient (Wildman–Crippen LogP) is 4.86. The Morgan fingerprint density at radius 2 is 1.91 bits per heavy atom. The average Bonchev–Trinajstić information content (AvgIpc) is 3.18. The fourth-order valence-corrected chi connectivity index (χ4v) is 4.16. The van der Waals surface area contributed by atoms with Crippen molar-refractivity contribution in [1.82, 2.24) is 0 Å². The standard InChI is InChI=1S/C26H28O6/c1-14(2)10-11-18(27)22-23(29)21-16(15-8-6-5-7-9-15)13-20(28)32-24(21)17-12-19(26(3,4)30)31-25(17)22/h5-9,13-14,19,29-30H,10-12H2,1-4H3/t19-/m0/s1. The molecule has 0 radical (unpaired) electrons. The van der Waals surface area contributed by atoms with Crippen LogP contribution in [-0.2, 0) is 6.42 Å². The van der Waals surface area contributed by atoms with Crippen molar-refractivity contribution in [2.24, 2.45) is 5.92 Å². The number of phenols is 1. The molecule has 0 aliphatic carbocycles. The highest BCUT2D eigenvalue weighted by molar-refractivity contribution is 6.11. The zero-order chi connectivity index (χ0) is 23.2. The minimum atomic E-state index is -1.20. The molecule has 168 valence electrons. The van der Waals surface area contributed by atoms with Crippen LogP contribution in [0.2, 0.25) is 0 Å². The topological polar surface area (TPSA) is 97.0 Å². The van der Waals surface area contributed by atoms with Crippen molar-refractivity contribution < 1.29 is 24.2 Å². The Morgan fingerprint density at radius 3 is 2.53 bits per heavy atom. The SMILES string of the molecule is CC(C)CCC(=O)c1c2c(c3oc(=O)cc(-c4ccccc4)c3c1O)C[C@@H](C(C)(C)O)O2. The summed E-state index contributed by atoms with van der Waals surface area (Å²) in [4.78, 5) is 25.7. The summed E-state index contributed by atoms with van der Waals surface area (Å²) >= 11 is 0. The molecular formula is C26H28O6. The largest absolute Gasteiger partial charge is 0.506 e. The monoisotopic (exact) mass is 436 g/mol. The Bertz CT molecular complexity index is 1230. The third-order valence-corrected chi connectivity index (χ3v) is 5.96. The molecule has 2 heterocycles. The van der Waals surface area contributed by atoms with Crippen LogP contribution < -0.4 is 10.4 Å². The molecule has 1 aliphatic rings. The van der Waals surface area contributed by atoms with Gasteiger partial charge in [-0.05, 0) is 31.7 Å². The summed E-state index contributed by atoms with van der Waals surface area (Å²) in [6, 6.07) is 10.5. The normalized spacial score (nSPS) is 15.8. The second-order valence-electron chi connectivity index (χ2n) is 9.40. The van der Waals surface area contributed by atoms with Gasteiger partial charge in [0.15, 0.2) is 5.78 Å².